The maximum atomic E-state index is 9.62. The first kappa shape index (κ1) is 19.7. The van der Waals surface area contributed by atoms with Crippen molar-refractivity contribution in [2.75, 3.05) is 5.08 Å². The van der Waals surface area contributed by atoms with Crippen LogP contribution in [0.2, 0.25) is 0 Å². The second kappa shape index (κ2) is 9.25. The third-order valence-corrected chi connectivity index (χ3v) is 8.11. The van der Waals surface area contributed by atoms with E-state index in [0.29, 0.717) is 16.2 Å². The van der Waals surface area contributed by atoms with Crippen LogP contribution in [0.15, 0.2) is 70.7 Å². The summed E-state index contributed by atoms with van der Waals surface area (Å²) in [5.74, 6) is 0. The van der Waals surface area contributed by atoms with Crippen molar-refractivity contribution in [3.8, 4) is 33.0 Å². The first-order valence-electron chi connectivity index (χ1n) is 8.47. The van der Waals surface area contributed by atoms with E-state index in [1.165, 1.54) is 46.6 Å². The molecule has 0 atom stereocenters. The highest BCUT2D eigenvalue weighted by atomic mass is 32.2. The Kier molecular flexibility index (Phi) is 6.28. The number of benzene rings is 2. The number of aromatic nitrogens is 2. The minimum atomic E-state index is 0.607. The van der Waals surface area contributed by atoms with Crippen LogP contribution in [0.3, 0.4) is 0 Å². The lowest BCUT2D eigenvalue weighted by molar-refractivity contribution is 1.25. The summed E-state index contributed by atoms with van der Waals surface area (Å²) in [6.45, 7) is 0. The summed E-state index contributed by atoms with van der Waals surface area (Å²) in [4.78, 5) is 1.77. The summed E-state index contributed by atoms with van der Waals surface area (Å²) >= 11 is 5.68. The second-order valence-corrected chi connectivity index (χ2v) is 9.59. The fourth-order valence-corrected chi connectivity index (χ4v) is 6.63. The van der Waals surface area contributed by atoms with E-state index < -0.39 is 0 Å². The molecular formula is C21H12N4S4. The van der Waals surface area contributed by atoms with Gasteiger partial charge in [-0.05, 0) is 34.2 Å². The van der Waals surface area contributed by atoms with Crippen molar-refractivity contribution >= 4 is 46.6 Å². The van der Waals surface area contributed by atoms with Crippen LogP contribution in [0.4, 0.5) is 0 Å². The summed E-state index contributed by atoms with van der Waals surface area (Å²) in [6, 6.07) is 24.2. The molecule has 0 unspecified atom stereocenters. The topological polar surface area (TPSA) is 73.4 Å². The SMILES string of the molecule is N#Cc1c(SCSc2nsc(-c3ccccc3)c2C#N)nsc1-c1ccccc1. The lowest BCUT2D eigenvalue weighted by Gasteiger charge is -2.00. The zero-order valence-electron chi connectivity index (χ0n) is 14.9. The van der Waals surface area contributed by atoms with Gasteiger partial charge in [0.25, 0.3) is 0 Å². The second-order valence-electron chi connectivity index (χ2n) is 5.75. The number of rotatable bonds is 6. The summed E-state index contributed by atoms with van der Waals surface area (Å²) in [5.41, 5.74) is 3.21. The van der Waals surface area contributed by atoms with Gasteiger partial charge in [-0.15, -0.1) is 0 Å². The Hall–Kier alpha value is -2.62. The third kappa shape index (κ3) is 4.21. The van der Waals surface area contributed by atoms with E-state index in [-0.39, 0.29) is 0 Å². The molecule has 0 N–H and O–H groups in total. The zero-order valence-corrected chi connectivity index (χ0v) is 18.2. The van der Waals surface area contributed by atoms with E-state index >= 15 is 0 Å². The van der Waals surface area contributed by atoms with E-state index in [1.807, 2.05) is 60.7 Å². The van der Waals surface area contributed by atoms with Gasteiger partial charge < -0.3 is 0 Å². The molecule has 4 nitrogen and oxygen atoms in total. The summed E-state index contributed by atoms with van der Waals surface area (Å²) in [5, 5.41) is 21.3. The molecule has 4 aromatic rings. The molecule has 0 aliphatic rings. The van der Waals surface area contributed by atoms with Crippen LogP contribution in [-0.2, 0) is 0 Å². The summed E-state index contributed by atoms with van der Waals surface area (Å²) in [7, 11) is 0. The molecular weight excluding hydrogens is 437 g/mol. The van der Waals surface area contributed by atoms with Gasteiger partial charge in [-0.3, -0.25) is 0 Å². The Labute approximate surface area is 185 Å². The predicted octanol–water partition coefficient (Wildman–Crippen LogP) is 6.52. The van der Waals surface area contributed by atoms with Crippen molar-refractivity contribution in [2.24, 2.45) is 0 Å². The lowest BCUT2D eigenvalue weighted by Crippen LogP contribution is -1.83. The first-order valence-corrected chi connectivity index (χ1v) is 12.0. The molecule has 8 heteroatoms. The van der Waals surface area contributed by atoms with E-state index in [2.05, 4.69) is 20.9 Å². The minimum absolute atomic E-state index is 0.607. The number of hydrogen-bond donors (Lipinski definition) is 0. The van der Waals surface area contributed by atoms with Crippen LogP contribution in [0.5, 0.6) is 0 Å². The fraction of sp³-hybridized carbons (Fsp3) is 0.0476. The molecule has 4 rings (SSSR count). The van der Waals surface area contributed by atoms with E-state index in [0.717, 1.165) is 30.9 Å². The van der Waals surface area contributed by atoms with E-state index in [9.17, 15) is 10.5 Å². The van der Waals surface area contributed by atoms with Crippen molar-refractivity contribution in [3.63, 3.8) is 0 Å². The smallest absolute Gasteiger partial charge is 0.129 e. The van der Waals surface area contributed by atoms with Gasteiger partial charge in [0.05, 0.1) is 14.8 Å². The van der Waals surface area contributed by atoms with Gasteiger partial charge in [-0.2, -0.15) is 19.3 Å². The average molecular weight is 449 g/mol. The van der Waals surface area contributed by atoms with Gasteiger partial charge in [0, 0.05) is 0 Å². The minimum Gasteiger partial charge on any atom is -0.192 e. The number of nitrogens with zero attached hydrogens (tertiary/aromatic N) is 4. The molecule has 0 fully saturated rings. The van der Waals surface area contributed by atoms with Gasteiger partial charge in [-0.1, -0.05) is 84.2 Å². The Morgan fingerprint density at radius 2 is 1.10 bits per heavy atom. The van der Waals surface area contributed by atoms with Gasteiger partial charge in [0.1, 0.15) is 33.3 Å². The standard InChI is InChI=1S/C21H12N4S4/c22-11-16-18(14-7-3-1-4-8-14)28-24-20(16)26-13-27-21-17(12-23)19(29-25-21)15-9-5-2-6-10-15/h1-10H,13H2. The monoisotopic (exact) mass is 448 g/mol. The molecule has 0 radical (unpaired) electrons. The third-order valence-electron chi connectivity index (χ3n) is 4.01. The van der Waals surface area contributed by atoms with Crippen molar-refractivity contribution < 1.29 is 0 Å². The zero-order chi connectivity index (χ0) is 20.1. The lowest BCUT2D eigenvalue weighted by atomic mass is 10.1. The van der Waals surface area contributed by atoms with Crippen LogP contribution < -0.4 is 0 Å². The van der Waals surface area contributed by atoms with Crippen LogP contribution in [-0.4, -0.2) is 13.8 Å². The maximum absolute atomic E-state index is 9.62. The Bertz CT molecular complexity index is 1110. The fourth-order valence-electron chi connectivity index (χ4n) is 2.66. The predicted molar refractivity (Wildman–Crippen MR) is 121 cm³/mol. The van der Waals surface area contributed by atoms with Crippen molar-refractivity contribution in [1.29, 1.82) is 10.5 Å². The normalized spacial score (nSPS) is 10.4. The van der Waals surface area contributed by atoms with Gasteiger partial charge in [0.15, 0.2) is 0 Å². The van der Waals surface area contributed by atoms with Crippen LogP contribution in [0.25, 0.3) is 20.9 Å². The van der Waals surface area contributed by atoms with Crippen molar-refractivity contribution in [1.82, 2.24) is 8.75 Å². The number of thioether (sulfide) groups is 2. The first-order chi connectivity index (χ1) is 14.3. The molecule has 0 spiro atoms. The molecule has 0 amide bonds. The molecule has 140 valence electrons. The maximum Gasteiger partial charge on any atom is 0.129 e. The van der Waals surface area contributed by atoms with Crippen molar-refractivity contribution in [3.05, 3.63) is 71.8 Å². The number of nitriles is 2. The molecule has 2 heterocycles. The molecule has 0 bridgehead atoms. The Morgan fingerprint density at radius 1 is 0.690 bits per heavy atom. The summed E-state index contributed by atoms with van der Waals surface area (Å²) < 4.78 is 8.95. The van der Waals surface area contributed by atoms with Gasteiger partial charge >= 0.3 is 0 Å². The number of hydrogen-bond acceptors (Lipinski definition) is 8. The van der Waals surface area contributed by atoms with Crippen LogP contribution >= 0.6 is 46.6 Å². The highest BCUT2D eigenvalue weighted by molar-refractivity contribution is 8.16. The van der Waals surface area contributed by atoms with Crippen molar-refractivity contribution in [2.45, 2.75) is 10.1 Å². The largest absolute Gasteiger partial charge is 0.192 e. The summed E-state index contributed by atoms with van der Waals surface area (Å²) in [6.07, 6.45) is 0. The molecule has 0 aliphatic carbocycles. The Morgan fingerprint density at radius 3 is 1.48 bits per heavy atom. The quantitative estimate of drug-likeness (QED) is 0.247. The van der Waals surface area contributed by atoms with E-state index in [4.69, 9.17) is 0 Å². The molecule has 0 saturated heterocycles. The van der Waals surface area contributed by atoms with Crippen LogP contribution in [0.1, 0.15) is 11.1 Å². The molecule has 2 aromatic carbocycles. The molecule has 2 aromatic heterocycles. The van der Waals surface area contributed by atoms with Gasteiger partial charge in [0.2, 0.25) is 0 Å². The average Bonchev–Trinajstić information content (AvgIpc) is 3.38. The molecule has 0 aliphatic heterocycles. The van der Waals surface area contributed by atoms with Gasteiger partial charge in [-0.25, -0.2) is 0 Å². The highest BCUT2D eigenvalue weighted by Crippen LogP contribution is 2.39. The van der Waals surface area contributed by atoms with E-state index in [1.54, 1.807) is 0 Å². The molecule has 0 saturated carbocycles. The Balaban J connectivity index is 1.49. The molecule has 29 heavy (non-hydrogen) atoms. The highest BCUT2D eigenvalue weighted by Gasteiger charge is 2.18. The van der Waals surface area contributed by atoms with Crippen LogP contribution in [0, 0.1) is 22.7 Å².